The lowest BCUT2D eigenvalue weighted by atomic mass is 10.2. The summed E-state index contributed by atoms with van der Waals surface area (Å²) >= 11 is 0. The number of hydrogen-bond acceptors (Lipinski definition) is 4. The molecule has 0 aliphatic carbocycles. The van der Waals surface area contributed by atoms with Crippen molar-refractivity contribution in [1.82, 2.24) is 29.4 Å². The van der Waals surface area contributed by atoms with Gasteiger partial charge in [0, 0.05) is 31.0 Å². The number of pyridine rings is 1. The van der Waals surface area contributed by atoms with Crippen LogP contribution in [0.3, 0.4) is 0 Å². The third-order valence-electron chi connectivity index (χ3n) is 5.00. The monoisotopic (exact) mass is 382 g/mol. The van der Waals surface area contributed by atoms with Crippen LogP contribution in [0, 0.1) is 0 Å². The van der Waals surface area contributed by atoms with Gasteiger partial charge < -0.3 is 9.88 Å². The van der Waals surface area contributed by atoms with Gasteiger partial charge in [0.25, 0.3) is 5.91 Å². The highest BCUT2D eigenvalue weighted by Crippen LogP contribution is 2.32. The van der Waals surface area contributed by atoms with E-state index in [1.165, 1.54) is 0 Å². The zero-order chi connectivity index (χ0) is 19.8. The lowest BCUT2D eigenvalue weighted by molar-refractivity contribution is 0.0943. The summed E-state index contributed by atoms with van der Waals surface area (Å²) < 4.78 is 3.91. The van der Waals surface area contributed by atoms with E-state index in [4.69, 9.17) is 0 Å². The molecule has 7 nitrogen and oxygen atoms in total. The summed E-state index contributed by atoms with van der Waals surface area (Å²) in [4.78, 5) is 26.2. The van der Waals surface area contributed by atoms with Crippen LogP contribution >= 0.6 is 0 Å². The highest BCUT2D eigenvalue weighted by atomic mass is 16.1. The lowest BCUT2D eigenvalue weighted by Crippen LogP contribution is -2.26. The first-order valence-electron chi connectivity index (χ1n) is 9.28. The molecule has 0 unspecified atom stereocenters. The SMILES string of the molecule is Cn1c2ccccc2c2c1cc(C(=O)NCc1ccccn1)n2-c1ncccn1. The Hall–Kier alpha value is -4.00. The average Bonchev–Trinajstić information content (AvgIpc) is 3.30. The van der Waals surface area contributed by atoms with Crippen molar-refractivity contribution in [1.29, 1.82) is 0 Å². The van der Waals surface area contributed by atoms with Crippen molar-refractivity contribution < 1.29 is 4.79 Å². The van der Waals surface area contributed by atoms with E-state index in [1.54, 1.807) is 24.7 Å². The maximum absolute atomic E-state index is 13.1. The minimum Gasteiger partial charge on any atom is -0.345 e. The van der Waals surface area contributed by atoms with Crippen LogP contribution in [0.1, 0.15) is 16.2 Å². The quantitative estimate of drug-likeness (QED) is 0.518. The van der Waals surface area contributed by atoms with Crippen molar-refractivity contribution in [2.75, 3.05) is 0 Å². The second-order valence-electron chi connectivity index (χ2n) is 6.73. The third-order valence-corrected chi connectivity index (χ3v) is 5.00. The predicted octanol–water partition coefficient (Wildman–Crippen LogP) is 3.24. The van der Waals surface area contributed by atoms with Crippen molar-refractivity contribution in [2.45, 2.75) is 6.54 Å². The molecule has 7 heteroatoms. The molecule has 5 aromatic rings. The summed E-state index contributed by atoms with van der Waals surface area (Å²) in [5, 5.41) is 4.00. The molecule has 0 spiro atoms. The summed E-state index contributed by atoms with van der Waals surface area (Å²) in [6.07, 6.45) is 5.06. The molecule has 1 aromatic carbocycles. The lowest BCUT2D eigenvalue weighted by Gasteiger charge is -2.09. The molecule has 0 radical (unpaired) electrons. The van der Waals surface area contributed by atoms with E-state index < -0.39 is 0 Å². The molecule has 0 aliphatic rings. The molecule has 0 atom stereocenters. The average molecular weight is 382 g/mol. The van der Waals surface area contributed by atoms with Gasteiger partial charge in [-0.05, 0) is 30.3 Å². The molecular formula is C22H18N6O. The molecule has 29 heavy (non-hydrogen) atoms. The van der Waals surface area contributed by atoms with E-state index in [-0.39, 0.29) is 5.91 Å². The molecule has 1 amide bonds. The van der Waals surface area contributed by atoms with Crippen LogP contribution in [0.15, 0.2) is 73.2 Å². The van der Waals surface area contributed by atoms with Crippen molar-refractivity contribution in [3.05, 3.63) is 84.6 Å². The number of carbonyl (C=O) groups excluding carboxylic acids is 1. The van der Waals surface area contributed by atoms with Crippen LogP contribution in [0.4, 0.5) is 0 Å². The zero-order valence-corrected chi connectivity index (χ0v) is 15.8. The molecule has 4 aromatic heterocycles. The minimum atomic E-state index is -0.205. The molecule has 0 fully saturated rings. The fourth-order valence-corrected chi connectivity index (χ4v) is 3.65. The number of carbonyl (C=O) groups is 1. The molecule has 1 N–H and O–H groups in total. The number of para-hydroxylation sites is 1. The second-order valence-corrected chi connectivity index (χ2v) is 6.73. The number of fused-ring (bicyclic) bond motifs is 3. The van der Waals surface area contributed by atoms with Crippen molar-refractivity contribution in [2.24, 2.45) is 7.05 Å². The maximum Gasteiger partial charge on any atom is 0.268 e. The summed E-state index contributed by atoms with van der Waals surface area (Å²) in [6, 6.07) is 17.4. The predicted molar refractivity (Wildman–Crippen MR) is 111 cm³/mol. The van der Waals surface area contributed by atoms with Gasteiger partial charge in [0.2, 0.25) is 5.95 Å². The number of benzene rings is 1. The molecule has 0 bridgehead atoms. The largest absolute Gasteiger partial charge is 0.345 e. The highest BCUT2D eigenvalue weighted by molar-refractivity contribution is 6.10. The third kappa shape index (κ3) is 2.84. The Kier molecular flexibility index (Phi) is 4.05. The fourth-order valence-electron chi connectivity index (χ4n) is 3.65. The summed E-state index contributed by atoms with van der Waals surface area (Å²) in [7, 11) is 2.00. The zero-order valence-electron chi connectivity index (χ0n) is 15.8. The Morgan fingerprint density at radius 1 is 0.931 bits per heavy atom. The number of nitrogens with zero attached hydrogens (tertiary/aromatic N) is 5. The van der Waals surface area contributed by atoms with Gasteiger partial charge >= 0.3 is 0 Å². The van der Waals surface area contributed by atoms with Gasteiger partial charge in [0.1, 0.15) is 5.69 Å². The van der Waals surface area contributed by atoms with E-state index in [0.29, 0.717) is 18.2 Å². The summed E-state index contributed by atoms with van der Waals surface area (Å²) in [6.45, 7) is 0.345. The molecule has 0 saturated heterocycles. The number of hydrogen-bond donors (Lipinski definition) is 1. The topological polar surface area (TPSA) is 77.6 Å². The molecule has 142 valence electrons. The van der Waals surface area contributed by atoms with Crippen LogP contribution < -0.4 is 5.32 Å². The summed E-state index contributed by atoms with van der Waals surface area (Å²) in [5.74, 6) is 0.255. The molecular weight excluding hydrogens is 364 g/mol. The van der Waals surface area contributed by atoms with Gasteiger partial charge in [0.05, 0.1) is 28.8 Å². The minimum absolute atomic E-state index is 0.205. The van der Waals surface area contributed by atoms with E-state index in [1.807, 2.05) is 54.1 Å². The Morgan fingerprint density at radius 3 is 2.48 bits per heavy atom. The maximum atomic E-state index is 13.1. The number of aromatic nitrogens is 5. The van der Waals surface area contributed by atoms with Gasteiger partial charge in [0.15, 0.2) is 0 Å². The van der Waals surface area contributed by atoms with Crippen molar-refractivity contribution in [3.63, 3.8) is 0 Å². The van der Waals surface area contributed by atoms with E-state index >= 15 is 0 Å². The van der Waals surface area contributed by atoms with Gasteiger partial charge in [-0.2, -0.15) is 0 Å². The van der Waals surface area contributed by atoms with Crippen LogP contribution in [0.2, 0.25) is 0 Å². The Balaban J connectivity index is 1.67. The summed E-state index contributed by atoms with van der Waals surface area (Å²) in [5.41, 5.74) is 4.23. The molecule has 0 aliphatic heterocycles. The first kappa shape index (κ1) is 17.1. The number of aryl methyl sites for hydroxylation is 1. The Labute approximate surface area is 166 Å². The van der Waals surface area contributed by atoms with Gasteiger partial charge in [-0.25, -0.2) is 9.97 Å². The van der Waals surface area contributed by atoms with Gasteiger partial charge in [-0.15, -0.1) is 0 Å². The molecule has 4 heterocycles. The van der Waals surface area contributed by atoms with Crippen molar-refractivity contribution >= 4 is 27.8 Å². The van der Waals surface area contributed by atoms with E-state index in [0.717, 1.165) is 27.6 Å². The fraction of sp³-hybridized carbons (Fsp3) is 0.0909. The van der Waals surface area contributed by atoms with Gasteiger partial charge in [-0.3, -0.25) is 14.3 Å². The smallest absolute Gasteiger partial charge is 0.268 e. The van der Waals surface area contributed by atoms with Gasteiger partial charge in [-0.1, -0.05) is 24.3 Å². The van der Waals surface area contributed by atoms with Crippen LogP contribution in [0.25, 0.3) is 27.9 Å². The first-order valence-corrected chi connectivity index (χ1v) is 9.28. The Bertz CT molecular complexity index is 1320. The standard InChI is InChI=1S/C22H18N6O/c1-27-17-9-3-2-8-16(17)20-18(27)13-19(28(20)22-24-11-6-12-25-22)21(29)26-14-15-7-4-5-10-23-15/h2-13H,14H2,1H3,(H,26,29). The van der Waals surface area contributed by atoms with Crippen molar-refractivity contribution in [3.8, 4) is 5.95 Å². The van der Waals surface area contributed by atoms with E-state index in [2.05, 4.69) is 30.9 Å². The first-order chi connectivity index (χ1) is 14.2. The molecule has 5 rings (SSSR count). The van der Waals surface area contributed by atoms with Crippen LogP contribution in [-0.4, -0.2) is 30.0 Å². The van der Waals surface area contributed by atoms with Crippen LogP contribution in [-0.2, 0) is 13.6 Å². The second kappa shape index (κ2) is 6.87. The number of amides is 1. The normalized spacial score (nSPS) is 11.2. The highest BCUT2D eigenvalue weighted by Gasteiger charge is 2.23. The van der Waals surface area contributed by atoms with E-state index in [9.17, 15) is 4.79 Å². The number of rotatable bonds is 4. The molecule has 0 saturated carbocycles. The van der Waals surface area contributed by atoms with Crippen LogP contribution in [0.5, 0.6) is 0 Å². The number of nitrogens with one attached hydrogen (secondary N) is 1. The Morgan fingerprint density at radius 2 is 1.69 bits per heavy atom.